The van der Waals surface area contributed by atoms with Crippen molar-refractivity contribution < 1.29 is 39.8 Å². The molecule has 0 aromatic carbocycles. The Hall–Kier alpha value is -1.85. The number of hydrogen-bond donors (Lipinski definition) is 6. The van der Waals surface area contributed by atoms with Crippen LogP contribution in [0.1, 0.15) is 90.9 Å². The average Bonchev–Trinajstić information content (AvgIpc) is 2.96. The van der Waals surface area contributed by atoms with Crippen molar-refractivity contribution in [1.82, 2.24) is 5.32 Å². The van der Waals surface area contributed by atoms with Crippen molar-refractivity contribution in [1.29, 1.82) is 0 Å². The Morgan fingerprint density at radius 2 is 1.49 bits per heavy atom. The topological polar surface area (TPSA) is 149 Å². The first kappa shape index (κ1) is 37.2. The molecule has 7 atom stereocenters. The van der Waals surface area contributed by atoms with Crippen LogP contribution in [0.4, 0.5) is 0 Å². The minimum absolute atomic E-state index is 0.163. The predicted molar refractivity (Wildman–Crippen MR) is 161 cm³/mol. The quantitative estimate of drug-likeness (QED) is 0.0839. The minimum Gasteiger partial charge on any atom is -0.394 e. The van der Waals surface area contributed by atoms with E-state index in [9.17, 15) is 30.3 Å². The van der Waals surface area contributed by atoms with E-state index in [-0.39, 0.29) is 12.5 Å². The highest BCUT2D eigenvalue weighted by molar-refractivity contribution is 5.76. The lowest BCUT2D eigenvalue weighted by Gasteiger charge is -2.40. The van der Waals surface area contributed by atoms with Gasteiger partial charge in [0.25, 0.3) is 0 Å². The number of aliphatic hydroxyl groups is 5. The third-order valence-corrected chi connectivity index (χ3v) is 6.95. The van der Waals surface area contributed by atoms with Crippen molar-refractivity contribution >= 4 is 5.91 Å². The summed E-state index contributed by atoms with van der Waals surface area (Å²) in [5.41, 5.74) is 0. The highest BCUT2D eigenvalue weighted by Gasteiger charge is 2.44. The zero-order valence-corrected chi connectivity index (χ0v) is 25.0. The molecule has 0 bridgehead atoms. The first-order valence-corrected chi connectivity index (χ1v) is 15.3. The van der Waals surface area contributed by atoms with Crippen LogP contribution in [0.3, 0.4) is 0 Å². The summed E-state index contributed by atoms with van der Waals surface area (Å²) in [6.07, 6.45) is 19.2. The Balaban J connectivity index is 2.41. The number of aliphatic hydroxyl groups excluding tert-OH is 5. The molecular weight excluding hydrogens is 526 g/mol. The lowest BCUT2D eigenvalue weighted by Crippen LogP contribution is -2.60. The van der Waals surface area contributed by atoms with E-state index in [0.717, 1.165) is 57.8 Å². The minimum atomic E-state index is -1.56. The Labute approximate surface area is 246 Å². The van der Waals surface area contributed by atoms with Gasteiger partial charge in [0, 0.05) is 6.42 Å². The number of rotatable bonds is 22. The van der Waals surface area contributed by atoms with Gasteiger partial charge in [-0.25, -0.2) is 0 Å². The smallest absolute Gasteiger partial charge is 0.220 e. The van der Waals surface area contributed by atoms with Crippen molar-refractivity contribution in [3.63, 3.8) is 0 Å². The lowest BCUT2D eigenvalue weighted by atomic mass is 9.99. The van der Waals surface area contributed by atoms with E-state index in [1.165, 1.54) is 0 Å². The van der Waals surface area contributed by atoms with Gasteiger partial charge < -0.3 is 40.3 Å². The fourth-order valence-corrected chi connectivity index (χ4v) is 4.38. The molecule has 1 fully saturated rings. The number of amides is 1. The molecule has 1 aliphatic rings. The molecule has 1 heterocycles. The van der Waals surface area contributed by atoms with Crippen LogP contribution in [0.5, 0.6) is 0 Å². The molecule has 9 heteroatoms. The normalized spacial score (nSPS) is 25.1. The predicted octanol–water partition coefficient (Wildman–Crippen LogP) is 3.59. The molecule has 7 unspecified atom stereocenters. The van der Waals surface area contributed by atoms with E-state index in [4.69, 9.17) is 9.47 Å². The molecule has 1 saturated heterocycles. The van der Waals surface area contributed by atoms with Crippen LogP contribution in [-0.2, 0) is 14.3 Å². The first-order valence-electron chi connectivity index (χ1n) is 15.3. The molecule has 6 N–H and O–H groups in total. The summed E-state index contributed by atoms with van der Waals surface area (Å²) in [4.78, 5) is 12.6. The summed E-state index contributed by atoms with van der Waals surface area (Å²) >= 11 is 0. The second-order valence-electron chi connectivity index (χ2n) is 10.5. The van der Waals surface area contributed by atoms with E-state index >= 15 is 0 Å². The van der Waals surface area contributed by atoms with Crippen molar-refractivity contribution in [2.75, 3.05) is 13.2 Å². The van der Waals surface area contributed by atoms with Crippen molar-refractivity contribution in [3.8, 4) is 0 Å². The van der Waals surface area contributed by atoms with Crippen LogP contribution >= 0.6 is 0 Å². The van der Waals surface area contributed by atoms with Crippen LogP contribution in [0, 0.1) is 0 Å². The number of carbonyl (C=O) groups is 1. The van der Waals surface area contributed by atoms with E-state index in [1.54, 1.807) is 0 Å². The van der Waals surface area contributed by atoms with Crippen LogP contribution in [0.25, 0.3) is 0 Å². The molecule has 0 saturated carbocycles. The van der Waals surface area contributed by atoms with Crippen LogP contribution < -0.4 is 5.32 Å². The summed E-state index contributed by atoms with van der Waals surface area (Å²) in [5, 5.41) is 53.1. The van der Waals surface area contributed by atoms with E-state index in [0.29, 0.717) is 19.3 Å². The lowest BCUT2D eigenvalue weighted by molar-refractivity contribution is -0.302. The largest absolute Gasteiger partial charge is 0.394 e. The third-order valence-electron chi connectivity index (χ3n) is 6.95. The second kappa shape index (κ2) is 23.7. The highest BCUT2D eigenvalue weighted by atomic mass is 16.7. The number of hydrogen-bond acceptors (Lipinski definition) is 8. The van der Waals surface area contributed by atoms with Crippen LogP contribution in [0.2, 0.25) is 0 Å². The third kappa shape index (κ3) is 16.4. The van der Waals surface area contributed by atoms with Gasteiger partial charge in [-0.05, 0) is 51.4 Å². The maximum atomic E-state index is 12.6. The molecule has 0 aliphatic carbocycles. The molecular formula is C32H55NO8. The van der Waals surface area contributed by atoms with Gasteiger partial charge >= 0.3 is 0 Å². The van der Waals surface area contributed by atoms with Gasteiger partial charge in [0.1, 0.15) is 24.4 Å². The number of nitrogens with one attached hydrogen (secondary N) is 1. The van der Waals surface area contributed by atoms with Gasteiger partial charge in [0.15, 0.2) is 6.29 Å². The van der Waals surface area contributed by atoms with Crippen molar-refractivity contribution in [2.45, 2.75) is 134 Å². The maximum absolute atomic E-state index is 12.6. The van der Waals surface area contributed by atoms with Crippen LogP contribution in [-0.4, -0.2) is 87.5 Å². The summed E-state index contributed by atoms with van der Waals surface area (Å²) in [5.74, 6) is -0.202. The zero-order chi connectivity index (χ0) is 30.3. The van der Waals surface area contributed by atoms with Gasteiger partial charge in [-0.1, -0.05) is 81.7 Å². The zero-order valence-electron chi connectivity index (χ0n) is 25.0. The van der Waals surface area contributed by atoms with E-state index in [2.05, 4.69) is 67.8 Å². The maximum Gasteiger partial charge on any atom is 0.220 e. The Morgan fingerprint density at radius 3 is 2.10 bits per heavy atom. The molecule has 1 rings (SSSR count). The first-order chi connectivity index (χ1) is 19.8. The number of carbonyl (C=O) groups excluding carboxylic acids is 1. The summed E-state index contributed by atoms with van der Waals surface area (Å²) in [7, 11) is 0. The molecule has 0 radical (unpaired) electrons. The van der Waals surface area contributed by atoms with Gasteiger partial charge in [0.2, 0.25) is 5.91 Å². The molecule has 0 aromatic heterocycles. The van der Waals surface area contributed by atoms with Crippen molar-refractivity contribution in [2.24, 2.45) is 0 Å². The number of unbranched alkanes of at least 4 members (excludes halogenated alkanes) is 4. The Morgan fingerprint density at radius 1 is 0.854 bits per heavy atom. The van der Waals surface area contributed by atoms with E-state index < -0.39 is 49.5 Å². The standard InChI is InChI=1S/C32H55NO8/c1-3-5-7-8-9-10-11-12-13-14-15-16-17-18-20-22-28(36)33-25(26(35)21-19-6-4-2)24-40-32-31(39)30(38)29(37)27(23-34)41-32/h5,7,9-10,12-13,15-16,25-27,29-32,34-35,37-39H,3-4,6,8,11,14,17-24H2,1-2H3,(H,33,36)/b7-5-,10-9-,13-12-,16-15-. The van der Waals surface area contributed by atoms with E-state index in [1.807, 2.05) is 0 Å². The summed E-state index contributed by atoms with van der Waals surface area (Å²) in [6.45, 7) is 3.46. The molecule has 236 valence electrons. The Bertz CT molecular complexity index is 782. The fourth-order valence-electron chi connectivity index (χ4n) is 4.38. The number of allylic oxidation sites excluding steroid dienone is 8. The van der Waals surface area contributed by atoms with Gasteiger partial charge in [-0.15, -0.1) is 0 Å². The fraction of sp³-hybridized carbons (Fsp3) is 0.719. The van der Waals surface area contributed by atoms with Gasteiger partial charge in [0.05, 0.1) is 25.4 Å². The Kier molecular flexibility index (Phi) is 21.5. The second-order valence-corrected chi connectivity index (χ2v) is 10.5. The van der Waals surface area contributed by atoms with Crippen molar-refractivity contribution in [3.05, 3.63) is 48.6 Å². The van der Waals surface area contributed by atoms with Gasteiger partial charge in [-0.3, -0.25) is 4.79 Å². The summed E-state index contributed by atoms with van der Waals surface area (Å²) in [6, 6.07) is -0.735. The highest BCUT2D eigenvalue weighted by Crippen LogP contribution is 2.22. The molecule has 9 nitrogen and oxygen atoms in total. The van der Waals surface area contributed by atoms with Gasteiger partial charge in [-0.2, -0.15) is 0 Å². The molecule has 1 aliphatic heterocycles. The number of ether oxygens (including phenoxy) is 2. The molecule has 0 aromatic rings. The summed E-state index contributed by atoms with van der Waals surface area (Å²) < 4.78 is 11.0. The monoisotopic (exact) mass is 581 g/mol. The molecule has 41 heavy (non-hydrogen) atoms. The van der Waals surface area contributed by atoms with Crippen LogP contribution in [0.15, 0.2) is 48.6 Å². The molecule has 1 amide bonds. The SMILES string of the molecule is CC/C=C\C/C=C\C/C=C\C/C=C\CCCCC(=O)NC(COC1OC(CO)C(O)C(O)C1O)C(O)CCCCC. The average molecular weight is 582 g/mol. The molecule has 0 spiro atoms.